The normalized spacial score (nSPS) is 23.1. The monoisotopic (exact) mass is 289 g/mol. The summed E-state index contributed by atoms with van der Waals surface area (Å²) in [5.41, 5.74) is 1.88. The Kier molecular flexibility index (Phi) is 3.74. The van der Waals surface area contributed by atoms with Gasteiger partial charge in [-0.3, -0.25) is 0 Å². The third-order valence-corrected chi connectivity index (χ3v) is 4.79. The van der Waals surface area contributed by atoms with E-state index < -0.39 is 0 Å². The molecule has 1 fully saturated rings. The van der Waals surface area contributed by atoms with Crippen LogP contribution in [0.15, 0.2) is 18.2 Å². The van der Waals surface area contributed by atoms with Crippen LogP contribution in [0.2, 0.25) is 0 Å². The molecule has 0 saturated carbocycles. The van der Waals surface area contributed by atoms with Crippen molar-refractivity contribution in [2.45, 2.75) is 51.5 Å². The van der Waals surface area contributed by atoms with E-state index in [-0.39, 0.29) is 11.2 Å². The number of benzene rings is 1. The van der Waals surface area contributed by atoms with Crippen LogP contribution in [0.4, 0.5) is 4.39 Å². The Hall–Kier alpha value is -1.42. The van der Waals surface area contributed by atoms with E-state index in [0.29, 0.717) is 6.04 Å². The Morgan fingerprint density at radius 3 is 2.86 bits per heavy atom. The van der Waals surface area contributed by atoms with E-state index in [1.165, 1.54) is 12.5 Å². The highest BCUT2D eigenvalue weighted by molar-refractivity contribution is 5.76. The Morgan fingerprint density at radius 1 is 1.43 bits per heavy atom. The van der Waals surface area contributed by atoms with E-state index in [4.69, 9.17) is 4.98 Å². The van der Waals surface area contributed by atoms with Crippen molar-refractivity contribution in [3.05, 3.63) is 29.8 Å². The molecule has 1 atom stereocenters. The van der Waals surface area contributed by atoms with Crippen LogP contribution in [0, 0.1) is 5.82 Å². The summed E-state index contributed by atoms with van der Waals surface area (Å²) in [6, 6.07) is 5.27. The third-order valence-electron chi connectivity index (χ3n) is 4.79. The first-order chi connectivity index (χ1) is 10.1. The Bertz CT molecular complexity index is 639. The molecule has 1 aromatic carbocycles. The lowest BCUT2D eigenvalue weighted by atomic mass is 9.77. The van der Waals surface area contributed by atoms with Crippen molar-refractivity contribution in [1.82, 2.24) is 14.9 Å². The van der Waals surface area contributed by atoms with Gasteiger partial charge in [0.1, 0.15) is 11.6 Å². The molecule has 1 saturated heterocycles. The lowest BCUT2D eigenvalue weighted by Gasteiger charge is -2.37. The lowest BCUT2D eigenvalue weighted by molar-refractivity contribution is 0.276. The van der Waals surface area contributed by atoms with Gasteiger partial charge in [0.15, 0.2) is 0 Å². The summed E-state index contributed by atoms with van der Waals surface area (Å²) in [7, 11) is 0. The molecule has 3 rings (SSSR count). The summed E-state index contributed by atoms with van der Waals surface area (Å²) >= 11 is 0. The highest BCUT2D eigenvalue weighted by Crippen LogP contribution is 2.37. The number of hydrogen-bond donors (Lipinski definition) is 1. The highest BCUT2D eigenvalue weighted by atomic mass is 19.1. The molecule has 0 spiro atoms. The summed E-state index contributed by atoms with van der Waals surface area (Å²) < 4.78 is 15.8. The molecule has 2 aromatic rings. The molecule has 114 valence electrons. The largest absolute Gasteiger partial charge is 0.325 e. The number of nitrogens with zero attached hydrogens (tertiary/aromatic N) is 2. The van der Waals surface area contributed by atoms with Gasteiger partial charge < -0.3 is 9.88 Å². The zero-order valence-electron chi connectivity index (χ0n) is 13.1. The molecule has 0 radical (unpaired) electrons. The number of aromatic nitrogens is 2. The van der Waals surface area contributed by atoms with E-state index in [0.717, 1.165) is 42.8 Å². The molecule has 4 heteroatoms. The van der Waals surface area contributed by atoms with Crippen molar-refractivity contribution < 1.29 is 4.39 Å². The minimum Gasteiger partial charge on any atom is -0.325 e. The van der Waals surface area contributed by atoms with Gasteiger partial charge in [-0.1, -0.05) is 6.92 Å². The summed E-state index contributed by atoms with van der Waals surface area (Å²) in [6.07, 6.45) is 3.37. The van der Waals surface area contributed by atoms with Crippen molar-refractivity contribution in [1.29, 1.82) is 0 Å². The summed E-state index contributed by atoms with van der Waals surface area (Å²) in [6.45, 7) is 8.62. The smallest absolute Gasteiger partial charge is 0.125 e. The van der Waals surface area contributed by atoms with Crippen LogP contribution in [0.5, 0.6) is 0 Å². The number of rotatable bonds is 3. The average molecular weight is 289 g/mol. The fraction of sp³-hybridized carbons (Fsp3) is 0.588. The molecule has 0 bridgehead atoms. The second kappa shape index (κ2) is 5.41. The van der Waals surface area contributed by atoms with E-state index in [9.17, 15) is 4.39 Å². The molecule has 1 aliphatic heterocycles. The van der Waals surface area contributed by atoms with Crippen LogP contribution in [0.3, 0.4) is 0 Å². The number of hydrogen-bond acceptors (Lipinski definition) is 2. The minimum absolute atomic E-state index is 0.0675. The topological polar surface area (TPSA) is 29.9 Å². The van der Waals surface area contributed by atoms with E-state index in [1.807, 2.05) is 6.07 Å². The van der Waals surface area contributed by atoms with Crippen LogP contribution in [0.25, 0.3) is 11.0 Å². The molecule has 1 aromatic heterocycles. The molecule has 1 N–H and O–H groups in total. The summed E-state index contributed by atoms with van der Waals surface area (Å²) in [5.74, 6) is 0.905. The highest BCUT2D eigenvalue weighted by Gasteiger charge is 2.37. The second-order valence-corrected chi connectivity index (χ2v) is 6.45. The Morgan fingerprint density at radius 2 is 2.24 bits per heavy atom. The number of nitrogens with one attached hydrogen (secondary N) is 1. The predicted octanol–water partition coefficient (Wildman–Crippen LogP) is 3.79. The van der Waals surface area contributed by atoms with Crippen LogP contribution in [0.1, 0.15) is 51.9 Å². The fourth-order valence-electron chi connectivity index (χ4n) is 3.59. The van der Waals surface area contributed by atoms with Crippen molar-refractivity contribution in [3.63, 3.8) is 0 Å². The predicted molar refractivity (Wildman–Crippen MR) is 84.1 cm³/mol. The van der Waals surface area contributed by atoms with Gasteiger partial charge in [-0.25, -0.2) is 9.37 Å². The first-order valence-electron chi connectivity index (χ1n) is 7.96. The summed E-state index contributed by atoms with van der Waals surface area (Å²) in [4.78, 5) is 4.84. The Balaban J connectivity index is 2.22. The first kappa shape index (κ1) is 14.5. The zero-order chi connectivity index (χ0) is 15.0. The van der Waals surface area contributed by atoms with Gasteiger partial charge in [0.25, 0.3) is 0 Å². The fourth-order valence-corrected chi connectivity index (χ4v) is 3.59. The molecule has 2 heterocycles. The molecule has 21 heavy (non-hydrogen) atoms. The maximum absolute atomic E-state index is 13.5. The third kappa shape index (κ3) is 2.35. The summed E-state index contributed by atoms with van der Waals surface area (Å²) in [5, 5.41) is 3.52. The second-order valence-electron chi connectivity index (χ2n) is 6.45. The quantitative estimate of drug-likeness (QED) is 0.931. The Labute approximate surface area is 125 Å². The lowest BCUT2D eigenvalue weighted by Crippen LogP contribution is -2.44. The van der Waals surface area contributed by atoms with Crippen molar-refractivity contribution in [2.24, 2.45) is 0 Å². The van der Waals surface area contributed by atoms with Gasteiger partial charge in [0.05, 0.1) is 11.0 Å². The van der Waals surface area contributed by atoms with Gasteiger partial charge in [-0.15, -0.1) is 0 Å². The van der Waals surface area contributed by atoms with Crippen molar-refractivity contribution in [3.8, 4) is 0 Å². The van der Waals surface area contributed by atoms with Crippen LogP contribution in [-0.2, 0) is 5.41 Å². The van der Waals surface area contributed by atoms with E-state index in [1.54, 1.807) is 6.07 Å². The van der Waals surface area contributed by atoms with Crippen molar-refractivity contribution >= 4 is 11.0 Å². The zero-order valence-corrected chi connectivity index (χ0v) is 13.1. The average Bonchev–Trinajstić information content (AvgIpc) is 2.87. The van der Waals surface area contributed by atoms with Crippen LogP contribution < -0.4 is 5.32 Å². The molecule has 0 aliphatic carbocycles. The minimum atomic E-state index is -0.213. The first-order valence-corrected chi connectivity index (χ1v) is 7.96. The molecule has 3 nitrogen and oxygen atoms in total. The van der Waals surface area contributed by atoms with Crippen LogP contribution in [-0.4, -0.2) is 22.6 Å². The molecular formula is C17H24FN3. The number of piperidine rings is 1. The standard InChI is InChI=1S/C17H24FN3/c1-4-17(8-5-9-19-11-17)16-20-14-10-13(18)6-7-15(14)21(16)12(2)3/h6-7,10,12,19H,4-5,8-9,11H2,1-3H3. The van der Waals surface area contributed by atoms with Gasteiger partial charge >= 0.3 is 0 Å². The maximum Gasteiger partial charge on any atom is 0.125 e. The number of imidazole rings is 1. The molecule has 1 aliphatic rings. The van der Waals surface area contributed by atoms with Gasteiger partial charge in [-0.05, 0) is 51.8 Å². The maximum atomic E-state index is 13.5. The van der Waals surface area contributed by atoms with Crippen molar-refractivity contribution in [2.75, 3.05) is 13.1 Å². The van der Waals surface area contributed by atoms with E-state index in [2.05, 4.69) is 30.7 Å². The molecule has 1 unspecified atom stereocenters. The van der Waals surface area contributed by atoms with Gasteiger partial charge in [0, 0.05) is 24.1 Å². The molecular weight excluding hydrogens is 265 g/mol. The SMILES string of the molecule is CCC1(c2nc3cc(F)ccc3n2C(C)C)CCCNC1. The van der Waals surface area contributed by atoms with Gasteiger partial charge in [0.2, 0.25) is 0 Å². The number of halogens is 1. The number of fused-ring (bicyclic) bond motifs is 1. The molecule has 0 amide bonds. The van der Waals surface area contributed by atoms with Crippen LogP contribution >= 0.6 is 0 Å². The van der Waals surface area contributed by atoms with Gasteiger partial charge in [-0.2, -0.15) is 0 Å². The van der Waals surface area contributed by atoms with E-state index >= 15 is 0 Å².